The first-order valence-electron chi connectivity index (χ1n) is 6.32. The summed E-state index contributed by atoms with van der Waals surface area (Å²) in [5, 5.41) is 9.05. The Labute approximate surface area is 106 Å². The van der Waals surface area contributed by atoms with Crippen molar-refractivity contribution >= 4 is 11.9 Å². The second-order valence-electron chi connectivity index (χ2n) is 4.88. The van der Waals surface area contributed by atoms with Gasteiger partial charge in [-0.25, -0.2) is 4.79 Å². The van der Waals surface area contributed by atoms with E-state index in [4.69, 9.17) is 14.6 Å². The molecule has 1 aliphatic heterocycles. The molecular formula is C12H19NO5. The molecule has 1 N–H and O–H groups in total. The Morgan fingerprint density at radius 1 is 1.50 bits per heavy atom. The summed E-state index contributed by atoms with van der Waals surface area (Å²) < 4.78 is 10.6. The van der Waals surface area contributed by atoms with Gasteiger partial charge in [-0.1, -0.05) is 0 Å². The lowest BCUT2D eigenvalue weighted by Crippen LogP contribution is -2.55. The maximum absolute atomic E-state index is 12.1. The largest absolute Gasteiger partial charge is 0.480 e. The van der Waals surface area contributed by atoms with Crippen molar-refractivity contribution in [3.05, 3.63) is 0 Å². The Hall–Kier alpha value is -1.14. The van der Waals surface area contributed by atoms with E-state index in [9.17, 15) is 9.59 Å². The molecule has 1 heterocycles. The summed E-state index contributed by atoms with van der Waals surface area (Å²) in [5.41, 5.74) is 0. The first kappa shape index (κ1) is 13.3. The SMILES string of the molecule is CC(OCC1CC1)C(=O)N1CCOCC1C(=O)O. The summed E-state index contributed by atoms with van der Waals surface area (Å²) in [6, 6.07) is -0.891. The lowest BCUT2D eigenvalue weighted by molar-refractivity contribution is -0.163. The predicted octanol–water partition coefficient (Wildman–Crippen LogP) is 0.114. The zero-order valence-electron chi connectivity index (χ0n) is 10.5. The van der Waals surface area contributed by atoms with Crippen LogP contribution in [0.4, 0.5) is 0 Å². The average molecular weight is 257 g/mol. The molecule has 2 aliphatic rings. The highest BCUT2D eigenvalue weighted by Crippen LogP contribution is 2.29. The molecule has 1 saturated heterocycles. The van der Waals surface area contributed by atoms with Gasteiger partial charge in [-0.05, 0) is 25.7 Å². The molecule has 102 valence electrons. The van der Waals surface area contributed by atoms with Gasteiger partial charge >= 0.3 is 5.97 Å². The highest BCUT2D eigenvalue weighted by molar-refractivity contribution is 5.86. The normalized spacial score (nSPS) is 25.8. The van der Waals surface area contributed by atoms with Crippen LogP contribution >= 0.6 is 0 Å². The monoisotopic (exact) mass is 257 g/mol. The number of rotatable bonds is 5. The van der Waals surface area contributed by atoms with E-state index in [1.807, 2.05) is 0 Å². The van der Waals surface area contributed by atoms with E-state index in [0.717, 1.165) is 12.8 Å². The highest BCUT2D eigenvalue weighted by atomic mass is 16.5. The van der Waals surface area contributed by atoms with E-state index < -0.39 is 18.1 Å². The summed E-state index contributed by atoms with van der Waals surface area (Å²) in [4.78, 5) is 24.5. The zero-order chi connectivity index (χ0) is 13.1. The van der Waals surface area contributed by atoms with E-state index >= 15 is 0 Å². The number of carboxylic acids is 1. The summed E-state index contributed by atoms with van der Waals surface area (Å²) >= 11 is 0. The molecule has 2 rings (SSSR count). The molecule has 1 aliphatic carbocycles. The number of aliphatic carboxylic acids is 1. The molecule has 0 bridgehead atoms. The maximum atomic E-state index is 12.1. The van der Waals surface area contributed by atoms with Gasteiger partial charge in [0.25, 0.3) is 5.91 Å². The van der Waals surface area contributed by atoms with Gasteiger partial charge in [0.2, 0.25) is 0 Å². The number of carbonyl (C=O) groups is 2. The first-order chi connectivity index (χ1) is 8.59. The fourth-order valence-electron chi connectivity index (χ4n) is 1.94. The van der Waals surface area contributed by atoms with Crippen molar-refractivity contribution in [1.82, 2.24) is 4.90 Å². The number of carbonyl (C=O) groups excluding carboxylic acids is 1. The molecule has 0 spiro atoms. The number of hydrogen-bond donors (Lipinski definition) is 1. The molecule has 6 heteroatoms. The molecular weight excluding hydrogens is 238 g/mol. The van der Waals surface area contributed by atoms with Crippen LogP contribution in [0.1, 0.15) is 19.8 Å². The summed E-state index contributed by atoms with van der Waals surface area (Å²) in [7, 11) is 0. The molecule has 1 amide bonds. The van der Waals surface area contributed by atoms with E-state index in [1.54, 1.807) is 6.92 Å². The second kappa shape index (κ2) is 5.67. The molecule has 1 saturated carbocycles. The van der Waals surface area contributed by atoms with Crippen molar-refractivity contribution in [2.24, 2.45) is 5.92 Å². The number of ether oxygens (including phenoxy) is 2. The molecule has 2 fully saturated rings. The van der Waals surface area contributed by atoms with Gasteiger partial charge in [0, 0.05) is 6.54 Å². The van der Waals surface area contributed by atoms with Crippen LogP contribution < -0.4 is 0 Å². The average Bonchev–Trinajstić information content (AvgIpc) is 3.19. The zero-order valence-corrected chi connectivity index (χ0v) is 10.5. The van der Waals surface area contributed by atoms with Crippen molar-refractivity contribution in [1.29, 1.82) is 0 Å². The Morgan fingerprint density at radius 2 is 2.22 bits per heavy atom. The lowest BCUT2D eigenvalue weighted by Gasteiger charge is -2.34. The van der Waals surface area contributed by atoms with Crippen molar-refractivity contribution < 1.29 is 24.2 Å². The minimum Gasteiger partial charge on any atom is -0.480 e. The quantitative estimate of drug-likeness (QED) is 0.756. The Kier molecular flexibility index (Phi) is 4.19. The van der Waals surface area contributed by atoms with Crippen LogP contribution in [0.25, 0.3) is 0 Å². The highest BCUT2D eigenvalue weighted by Gasteiger charge is 2.35. The Bertz CT molecular complexity index is 328. The lowest BCUT2D eigenvalue weighted by atomic mass is 10.2. The van der Waals surface area contributed by atoms with Crippen LogP contribution in [0.2, 0.25) is 0 Å². The van der Waals surface area contributed by atoms with Crippen LogP contribution in [0.5, 0.6) is 0 Å². The third-order valence-electron chi connectivity index (χ3n) is 3.32. The van der Waals surface area contributed by atoms with Gasteiger partial charge in [-0.15, -0.1) is 0 Å². The predicted molar refractivity (Wildman–Crippen MR) is 62.1 cm³/mol. The van der Waals surface area contributed by atoms with Crippen LogP contribution in [0.3, 0.4) is 0 Å². The minimum absolute atomic E-state index is 0.0520. The fraction of sp³-hybridized carbons (Fsp3) is 0.833. The van der Waals surface area contributed by atoms with E-state index in [-0.39, 0.29) is 12.5 Å². The van der Waals surface area contributed by atoms with Gasteiger partial charge in [-0.3, -0.25) is 4.79 Å². The third kappa shape index (κ3) is 3.20. The molecule has 0 aromatic heterocycles. The van der Waals surface area contributed by atoms with Gasteiger partial charge < -0.3 is 19.5 Å². The van der Waals surface area contributed by atoms with E-state index in [1.165, 1.54) is 4.90 Å². The fourth-order valence-corrected chi connectivity index (χ4v) is 1.94. The minimum atomic E-state index is -1.03. The molecule has 2 unspecified atom stereocenters. The van der Waals surface area contributed by atoms with Crippen molar-refractivity contribution in [3.63, 3.8) is 0 Å². The van der Waals surface area contributed by atoms with Gasteiger partial charge in [-0.2, -0.15) is 0 Å². The number of carboxylic acid groups (broad SMARTS) is 1. The third-order valence-corrected chi connectivity index (χ3v) is 3.32. The van der Waals surface area contributed by atoms with Crippen molar-refractivity contribution in [2.75, 3.05) is 26.4 Å². The van der Waals surface area contributed by atoms with E-state index in [0.29, 0.717) is 25.7 Å². The molecule has 18 heavy (non-hydrogen) atoms. The maximum Gasteiger partial charge on any atom is 0.328 e. The number of hydrogen-bond acceptors (Lipinski definition) is 4. The first-order valence-corrected chi connectivity index (χ1v) is 6.32. The summed E-state index contributed by atoms with van der Waals surface area (Å²) in [6.07, 6.45) is 1.75. The Balaban J connectivity index is 1.89. The van der Waals surface area contributed by atoms with Crippen molar-refractivity contribution in [2.45, 2.75) is 31.9 Å². The van der Waals surface area contributed by atoms with Gasteiger partial charge in [0.1, 0.15) is 6.10 Å². The van der Waals surface area contributed by atoms with Gasteiger partial charge in [0.05, 0.1) is 19.8 Å². The second-order valence-corrected chi connectivity index (χ2v) is 4.88. The molecule has 6 nitrogen and oxygen atoms in total. The molecule has 0 radical (unpaired) electrons. The molecule has 2 atom stereocenters. The van der Waals surface area contributed by atoms with E-state index in [2.05, 4.69) is 0 Å². The van der Waals surface area contributed by atoms with Crippen LogP contribution in [0, 0.1) is 5.92 Å². The van der Waals surface area contributed by atoms with Crippen LogP contribution in [-0.2, 0) is 19.1 Å². The van der Waals surface area contributed by atoms with Crippen LogP contribution in [-0.4, -0.2) is 60.4 Å². The molecule has 0 aromatic rings. The Morgan fingerprint density at radius 3 is 2.83 bits per heavy atom. The number of morpholine rings is 1. The molecule has 0 aromatic carbocycles. The van der Waals surface area contributed by atoms with Gasteiger partial charge in [0.15, 0.2) is 6.04 Å². The standard InChI is InChI=1S/C12H19NO5/c1-8(18-6-9-2-3-9)11(14)13-4-5-17-7-10(13)12(15)16/h8-10H,2-7H2,1H3,(H,15,16). The number of amides is 1. The van der Waals surface area contributed by atoms with Crippen LogP contribution in [0.15, 0.2) is 0 Å². The number of nitrogens with zero attached hydrogens (tertiary/aromatic N) is 1. The summed E-state index contributed by atoms with van der Waals surface area (Å²) in [5.74, 6) is -0.705. The van der Waals surface area contributed by atoms with Crippen molar-refractivity contribution in [3.8, 4) is 0 Å². The summed E-state index contributed by atoms with van der Waals surface area (Å²) in [6.45, 7) is 3.02. The smallest absolute Gasteiger partial charge is 0.328 e. The topological polar surface area (TPSA) is 76.1 Å².